The molecule has 0 saturated heterocycles. The minimum atomic E-state index is -0.292. The summed E-state index contributed by atoms with van der Waals surface area (Å²) in [6, 6.07) is 11.8. The average Bonchev–Trinajstić information content (AvgIpc) is 2.40. The van der Waals surface area contributed by atoms with E-state index in [1.807, 2.05) is 31.3 Å². The van der Waals surface area contributed by atoms with Crippen LogP contribution in [0.2, 0.25) is 0 Å². The van der Waals surface area contributed by atoms with Crippen LogP contribution in [0.5, 0.6) is 5.75 Å². The molecule has 0 aliphatic heterocycles. The summed E-state index contributed by atoms with van der Waals surface area (Å²) in [4.78, 5) is 0. The minimum Gasteiger partial charge on any atom is -0.496 e. The Morgan fingerprint density at radius 1 is 1.21 bits per heavy atom. The monoisotopic (exact) mass is 260 g/mol. The zero-order chi connectivity index (χ0) is 13.8. The maximum atomic E-state index is 13.5. The van der Waals surface area contributed by atoms with Gasteiger partial charge in [-0.15, -0.1) is 0 Å². The second kappa shape index (κ2) is 5.71. The van der Waals surface area contributed by atoms with Crippen molar-refractivity contribution in [3.8, 4) is 5.75 Å². The highest BCUT2D eigenvalue weighted by Gasteiger charge is 2.17. The summed E-state index contributed by atoms with van der Waals surface area (Å²) >= 11 is 0. The highest BCUT2D eigenvalue weighted by atomic mass is 19.1. The molecule has 100 valence electrons. The van der Waals surface area contributed by atoms with Crippen LogP contribution in [0.1, 0.15) is 17.2 Å². The Balaban J connectivity index is 2.50. The van der Waals surface area contributed by atoms with Gasteiger partial charge in [0.15, 0.2) is 0 Å². The van der Waals surface area contributed by atoms with Gasteiger partial charge in [-0.3, -0.25) is 0 Å². The molecule has 3 N–H and O–H groups in total. The first-order valence-electron chi connectivity index (χ1n) is 6.02. The Kier molecular flexibility index (Phi) is 4.02. The lowest BCUT2D eigenvalue weighted by atomic mass is 9.97. The van der Waals surface area contributed by atoms with Gasteiger partial charge in [-0.25, -0.2) is 4.39 Å². The van der Waals surface area contributed by atoms with Crippen molar-refractivity contribution in [3.05, 3.63) is 59.4 Å². The van der Waals surface area contributed by atoms with Gasteiger partial charge in [-0.1, -0.05) is 12.1 Å². The van der Waals surface area contributed by atoms with E-state index in [1.54, 1.807) is 13.2 Å². The molecule has 0 aliphatic rings. The topological polar surface area (TPSA) is 47.3 Å². The van der Waals surface area contributed by atoms with E-state index in [2.05, 4.69) is 5.32 Å². The summed E-state index contributed by atoms with van der Waals surface area (Å²) in [7, 11) is 3.39. The molecule has 0 amide bonds. The van der Waals surface area contributed by atoms with Gasteiger partial charge in [-0.05, 0) is 42.9 Å². The number of nitrogens with two attached hydrogens (primary N) is 1. The van der Waals surface area contributed by atoms with E-state index in [0.29, 0.717) is 11.4 Å². The average molecular weight is 260 g/mol. The first-order chi connectivity index (χ1) is 9.15. The molecular formula is C15H17FN2O. The van der Waals surface area contributed by atoms with Crippen LogP contribution >= 0.6 is 0 Å². The van der Waals surface area contributed by atoms with Crippen molar-refractivity contribution >= 4 is 5.69 Å². The van der Waals surface area contributed by atoms with Crippen molar-refractivity contribution in [2.45, 2.75) is 6.04 Å². The molecule has 4 heteroatoms. The second-order valence-electron chi connectivity index (χ2n) is 4.28. The largest absolute Gasteiger partial charge is 0.496 e. The van der Waals surface area contributed by atoms with Crippen LogP contribution in [0.15, 0.2) is 42.5 Å². The van der Waals surface area contributed by atoms with E-state index in [4.69, 9.17) is 10.5 Å². The number of methoxy groups -OCH3 is 1. The van der Waals surface area contributed by atoms with Crippen LogP contribution in [-0.2, 0) is 0 Å². The maximum absolute atomic E-state index is 13.5. The highest BCUT2D eigenvalue weighted by molar-refractivity contribution is 5.47. The van der Waals surface area contributed by atoms with Gasteiger partial charge in [0, 0.05) is 11.3 Å². The summed E-state index contributed by atoms with van der Waals surface area (Å²) in [6.07, 6.45) is 0. The van der Waals surface area contributed by atoms with E-state index in [9.17, 15) is 4.39 Å². The van der Waals surface area contributed by atoms with E-state index >= 15 is 0 Å². The number of rotatable bonds is 4. The van der Waals surface area contributed by atoms with Gasteiger partial charge in [-0.2, -0.15) is 0 Å². The fraction of sp³-hybridized carbons (Fsp3) is 0.200. The number of hydrogen-bond donors (Lipinski definition) is 2. The zero-order valence-corrected chi connectivity index (χ0v) is 11.0. The fourth-order valence-electron chi connectivity index (χ4n) is 2.17. The van der Waals surface area contributed by atoms with Gasteiger partial charge < -0.3 is 15.8 Å². The summed E-state index contributed by atoms with van der Waals surface area (Å²) in [5.41, 5.74) is 8.18. The molecule has 0 aromatic heterocycles. The van der Waals surface area contributed by atoms with E-state index in [0.717, 1.165) is 11.1 Å². The van der Waals surface area contributed by atoms with E-state index in [1.165, 1.54) is 12.1 Å². The molecule has 1 unspecified atom stereocenters. The molecule has 0 heterocycles. The number of nitrogens with one attached hydrogen (secondary N) is 1. The van der Waals surface area contributed by atoms with Crippen LogP contribution in [0.3, 0.4) is 0 Å². The normalized spacial score (nSPS) is 12.2. The molecule has 2 rings (SSSR count). The van der Waals surface area contributed by atoms with Crippen LogP contribution in [-0.4, -0.2) is 14.2 Å². The number of hydrogen-bond acceptors (Lipinski definition) is 3. The molecule has 1 atom stereocenters. The Labute approximate surface area is 112 Å². The molecule has 0 bridgehead atoms. The number of halogens is 1. The molecular weight excluding hydrogens is 243 g/mol. The van der Waals surface area contributed by atoms with Crippen LogP contribution in [0, 0.1) is 5.82 Å². The Hall–Kier alpha value is -2.07. The predicted molar refractivity (Wildman–Crippen MR) is 74.7 cm³/mol. The lowest BCUT2D eigenvalue weighted by Gasteiger charge is -2.20. The molecule has 0 radical (unpaired) electrons. The fourth-order valence-corrected chi connectivity index (χ4v) is 2.17. The molecule has 0 spiro atoms. The maximum Gasteiger partial charge on any atom is 0.124 e. The van der Waals surface area contributed by atoms with Crippen molar-refractivity contribution in [2.24, 2.45) is 0 Å². The van der Waals surface area contributed by atoms with Gasteiger partial charge in [0.05, 0.1) is 13.2 Å². The van der Waals surface area contributed by atoms with Crippen molar-refractivity contribution in [1.82, 2.24) is 5.32 Å². The molecule has 0 fully saturated rings. The molecule has 0 aliphatic carbocycles. The van der Waals surface area contributed by atoms with Gasteiger partial charge in [0.25, 0.3) is 0 Å². The molecule has 0 saturated carbocycles. The number of benzene rings is 2. The van der Waals surface area contributed by atoms with Crippen LogP contribution in [0.25, 0.3) is 0 Å². The summed E-state index contributed by atoms with van der Waals surface area (Å²) in [6.45, 7) is 0. The predicted octanol–water partition coefficient (Wildman–Crippen LogP) is 2.73. The van der Waals surface area contributed by atoms with Crippen molar-refractivity contribution in [2.75, 3.05) is 19.9 Å². The van der Waals surface area contributed by atoms with Crippen LogP contribution < -0.4 is 15.8 Å². The van der Waals surface area contributed by atoms with Gasteiger partial charge in [0.1, 0.15) is 11.6 Å². The summed E-state index contributed by atoms with van der Waals surface area (Å²) in [5, 5.41) is 3.16. The van der Waals surface area contributed by atoms with Gasteiger partial charge in [0.2, 0.25) is 0 Å². The van der Waals surface area contributed by atoms with E-state index < -0.39 is 0 Å². The third-order valence-corrected chi connectivity index (χ3v) is 3.04. The number of ether oxygens (including phenoxy) is 1. The van der Waals surface area contributed by atoms with Crippen molar-refractivity contribution < 1.29 is 9.13 Å². The minimum absolute atomic E-state index is 0.172. The molecule has 3 nitrogen and oxygen atoms in total. The molecule has 2 aromatic carbocycles. The third kappa shape index (κ3) is 2.85. The number of anilines is 1. The van der Waals surface area contributed by atoms with E-state index in [-0.39, 0.29) is 11.9 Å². The van der Waals surface area contributed by atoms with Crippen molar-refractivity contribution in [3.63, 3.8) is 0 Å². The first kappa shape index (κ1) is 13.4. The molecule has 2 aromatic rings. The van der Waals surface area contributed by atoms with Crippen LogP contribution in [0.4, 0.5) is 10.1 Å². The smallest absolute Gasteiger partial charge is 0.124 e. The number of nitrogen functional groups attached to an aromatic ring is 1. The first-order valence-corrected chi connectivity index (χ1v) is 6.02. The second-order valence-corrected chi connectivity index (χ2v) is 4.28. The lowest BCUT2D eigenvalue weighted by Crippen LogP contribution is -2.18. The van der Waals surface area contributed by atoms with Crippen molar-refractivity contribution in [1.29, 1.82) is 0 Å². The quantitative estimate of drug-likeness (QED) is 0.831. The summed E-state index contributed by atoms with van der Waals surface area (Å²) < 4.78 is 18.8. The van der Waals surface area contributed by atoms with Gasteiger partial charge >= 0.3 is 0 Å². The highest BCUT2D eigenvalue weighted by Crippen LogP contribution is 2.31. The third-order valence-electron chi connectivity index (χ3n) is 3.04. The Morgan fingerprint density at radius 2 is 2.00 bits per heavy atom. The lowest BCUT2D eigenvalue weighted by molar-refractivity contribution is 0.404. The Morgan fingerprint density at radius 3 is 2.63 bits per heavy atom. The SMILES string of the molecule is CNC(c1cccc(N)c1)c1cc(F)ccc1OC. The zero-order valence-electron chi connectivity index (χ0n) is 11.0. The molecule has 19 heavy (non-hydrogen) atoms. The standard InChI is InChI=1S/C15H17FN2O/c1-18-15(10-4-3-5-12(17)8-10)13-9-11(16)6-7-14(13)19-2/h3-9,15,18H,17H2,1-2H3. The Bertz CT molecular complexity index is 572. The summed E-state index contributed by atoms with van der Waals surface area (Å²) in [5.74, 6) is 0.350.